The van der Waals surface area contributed by atoms with Crippen molar-refractivity contribution in [2.75, 3.05) is 0 Å². The normalized spacial score (nSPS) is 10.5. The number of hydrogen-bond acceptors (Lipinski definition) is 6. The quantitative estimate of drug-likeness (QED) is 0.169. The van der Waals surface area contributed by atoms with E-state index in [-0.39, 0.29) is 21.1 Å². The molecule has 0 radical (unpaired) electrons. The molecule has 0 saturated heterocycles. The van der Waals surface area contributed by atoms with Crippen LogP contribution >= 0.6 is 22.7 Å². The molecule has 208 valence electrons. The summed E-state index contributed by atoms with van der Waals surface area (Å²) in [6.45, 7) is 12.8. The van der Waals surface area contributed by atoms with Crippen LogP contribution in [0.3, 0.4) is 0 Å². The van der Waals surface area contributed by atoms with E-state index < -0.39 is 0 Å². The minimum atomic E-state index is 0. The summed E-state index contributed by atoms with van der Waals surface area (Å²) in [5, 5.41) is 4.05. The smallest absolute Gasteiger partial charge is 0.300 e. The number of benzene rings is 2. The fourth-order valence-electron chi connectivity index (χ4n) is 5.34. The summed E-state index contributed by atoms with van der Waals surface area (Å²) in [4.78, 5) is 19.5. The predicted molar refractivity (Wildman–Crippen MR) is 168 cm³/mol. The van der Waals surface area contributed by atoms with Gasteiger partial charge in [0.05, 0.1) is 0 Å². The zero-order chi connectivity index (χ0) is 28.2. The third kappa shape index (κ3) is 6.78. The molecular formula is C34H30N4PtS2. The van der Waals surface area contributed by atoms with Crippen LogP contribution in [0.2, 0.25) is 0 Å². The summed E-state index contributed by atoms with van der Waals surface area (Å²) in [5.41, 5.74) is 14.2. The SMILES string of the molecule is Cc1cc(C)c(-c2cncnc2-c2[c-]ccs2)c(C)c1.Cc1cc(C)c(-c2cncnc2-c2[c-]ccs2)c(C)c1.[Pt+2]. The molecule has 0 bridgehead atoms. The van der Waals surface area contributed by atoms with Crippen LogP contribution in [0.5, 0.6) is 0 Å². The molecule has 7 heteroatoms. The van der Waals surface area contributed by atoms with Crippen molar-refractivity contribution in [3.05, 3.63) is 118 Å². The number of aryl methyl sites for hydroxylation is 6. The fraction of sp³-hybridized carbons (Fsp3) is 0.176. The van der Waals surface area contributed by atoms with Crippen molar-refractivity contribution < 1.29 is 21.1 Å². The Balaban J connectivity index is 0.000000184. The van der Waals surface area contributed by atoms with Gasteiger partial charge in [-0.25, -0.2) is 32.6 Å². The van der Waals surface area contributed by atoms with E-state index >= 15 is 0 Å². The monoisotopic (exact) mass is 753 g/mol. The maximum Gasteiger partial charge on any atom is 2.00 e. The van der Waals surface area contributed by atoms with Crippen LogP contribution in [0.15, 0.2) is 72.2 Å². The first-order valence-corrected chi connectivity index (χ1v) is 14.8. The Bertz CT molecular complexity index is 1580. The maximum absolute atomic E-state index is 4.47. The first-order chi connectivity index (χ1) is 19.3. The van der Waals surface area contributed by atoms with Crippen LogP contribution in [0, 0.1) is 53.7 Å². The second-order valence-electron chi connectivity index (χ2n) is 9.91. The van der Waals surface area contributed by atoms with Gasteiger partial charge in [0.1, 0.15) is 12.7 Å². The average molecular weight is 754 g/mol. The summed E-state index contributed by atoms with van der Waals surface area (Å²) >= 11 is 3.31. The number of aromatic nitrogens is 4. The van der Waals surface area contributed by atoms with Gasteiger partial charge in [-0.1, -0.05) is 45.1 Å². The number of rotatable bonds is 4. The average Bonchev–Trinajstić information content (AvgIpc) is 3.64. The van der Waals surface area contributed by atoms with E-state index in [2.05, 4.69) is 97.9 Å². The standard InChI is InChI=1S/2C17H15N2S.Pt/c2*1-11-7-12(2)16(13(3)8-11)14-9-18-10-19-17(14)15-5-4-6-20-15;/h2*4,6-10H,1-3H3;/q2*-1;+2. The molecule has 0 aliphatic heterocycles. The van der Waals surface area contributed by atoms with E-state index in [1.807, 2.05) is 35.3 Å². The molecule has 0 atom stereocenters. The van der Waals surface area contributed by atoms with Crippen LogP contribution in [0.4, 0.5) is 0 Å². The molecule has 0 saturated carbocycles. The summed E-state index contributed by atoms with van der Waals surface area (Å²) in [7, 11) is 0. The third-order valence-electron chi connectivity index (χ3n) is 6.68. The molecule has 6 rings (SSSR count). The topological polar surface area (TPSA) is 51.6 Å². The first kappa shape index (κ1) is 30.6. The van der Waals surface area contributed by atoms with E-state index in [0.717, 1.165) is 32.3 Å². The molecule has 4 aromatic heterocycles. The Morgan fingerprint density at radius 1 is 0.561 bits per heavy atom. The van der Waals surface area contributed by atoms with E-state index in [9.17, 15) is 0 Å². The Labute approximate surface area is 264 Å². The zero-order valence-corrected chi connectivity index (χ0v) is 27.8. The second-order valence-corrected chi connectivity index (χ2v) is 11.7. The van der Waals surface area contributed by atoms with Gasteiger partial charge >= 0.3 is 21.1 Å². The largest absolute Gasteiger partial charge is 2.00 e. The van der Waals surface area contributed by atoms with Gasteiger partial charge in [-0.2, -0.15) is 24.3 Å². The van der Waals surface area contributed by atoms with Crippen molar-refractivity contribution in [3.8, 4) is 43.4 Å². The van der Waals surface area contributed by atoms with Gasteiger partial charge in [0, 0.05) is 12.4 Å². The maximum atomic E-state index is 4.47. The van der Waals surface area contributed by atoms with Crippen molar-refractivity contribution in [2.24, 2.45) is 0 Å². The Kier molecular flexibility index (Phi) is 10.1. The summed E-state index contributed by atoms with van der Waals surface area (Å²) < 4.78 is 0. The van der Waals surface area contributed by atoms with Crippen molar-refractivity contribution in [2.45, 2.75) is 41.5 Å². The van der Waals surface area contributed by atoms with Gasteiger partial charge in [0.2, 0.25) is 0 Å². The molecule has 0 aliphatic rings. The van der Waals surface area contributed by atoms with Gasteiger partial charge < -0.3 is 0 Å². The van der Waals surface area contributed by atoms with Gasteiger partial charge in [-0.05, 0) is 97.4 Å². The Morgan fingerprint density at radius 3 is 1.24 bits per heavy atom. The van der Waals surface area contributed by atoms with Crippen molar-refractivity contribution in [3.63, 3.8) is 0 Å². The van der Waals surface area contributed by atoms with E-state index in [1.165, 1.54) is 44.5 Å². The molecule has 41 heavy (non-hydrogen) atoms. The number of nitrogens with zero attached hydrogens (tertiary/aromatic N) is 4. The minimum absolute atomic E-state index is 0. The van der Waals surface area contributed by atoms with Crippen LogP contribution in [-0.4, -0.2) is 19.9 Å². The van der Waals surface area contributed by atoms with Crippen molar-refractivity contribution >= 4 is 22.7 Å². The van der Waals surface area contributed by atoms with Crippen molar-refractivity contribution in [1.82, 2.24) is 19.9 Å². The molecule has 0 fully saturated rings. The Hall–Kier alpha value is -3.31. The van der Waals surface area contributed by atoms with Gasteiger partial charge in [0.15, 0.2) is 0 Å². The molecule has 6 aromatic rings. The van der Waals surface area contributed by atoms with E-state index in [1.54, 1.807) is 35.3 Å². The van der Waals surface area contributed by atoms with Crippen LogP contribution < -0.4 is 0 Å². The number of thiophene rings is 2. The van der Waals surface area contributed by atoms with E-state index in [0.29, 0.717) is 0 Å². The van der Waals surface area contributed by atoms with Crippen molar-refractivity contribution in [1.29, 1.82) is 0 Å². The van der Waals surface area contributed by atoms with Crippen LogP contribution in [0.1, 0.15) is 33.4 Å². The summed E-state index contributed by atoms with van der Waals surface area (Å²) in [5.74, 6) is 0. The van der Waals surface area contributed by atoms with Gasteiger partial charge in [0.25, 0.3) is 0 Å². The summed E-state index contributed by atoms with van der Waals surface area (Å²) in [6, 6.07) is 19.2. The summed E-state index contributed by atoms with van der Waals surface area (Å²) in [6.07, 6.45) is 7.01. The molecule has 0 unspecified atom stereocenters. The fourth-order valence-corrected chi connectivity index (χ4v) is 6.70. The van der Waals surface area contributed by atoms with Gasteiger partial charge in [-0.3, -0.25) is 9.97 Å². The Morgan fingerprint density at radius 2 is 0.927 bits per heavy atom. The predicted octanol–water partition coefficient (Wildman–Crippen LogP) is 9.19. The third-order valence-corrected chi connectivity index (χ3v) is 8.32. The molecule has 4 nitrogen and oxygen atoms in total. The first-order valence-electron chi connectivity index (χ1n) is 13.0. The minimum Gasteiger partial charge on any atom is -0.300 e. The molecule has 0 aliphatic carbocycles. The molecule has 0 spiro atoms. The second kappa shape index (κ2) is 13.6. The molecule has 4 heterocycles. The van der Waals surface area contributed by atoms with Crippen LogP contribution in [0.25, 0.3) is 43.4 Å². The van der Waals surface area contributed by atoms with Gasteiger partial charge in [-0.15, -0.1) is 10.8 Å². The zero-order valence-electron chi connectivity index (χ0n) is 23.8. The van der Waals surface area contributed by atoms with E-state index in [4.69, 9.17) is 0 Å². The number of hydrogen-bond donors (Lipinski definition) is 0. The molecule has 2 aromatic carbocycles. The van der Waals surface area contributed by atoms with Crippen LogP contribution in [-0.2, 0) is 21.1 Å². The molecule has 0 N–H and O–H groups in total. The molecule has 0 amide bonds. The molecular weight excluding hydrogens is 724 g/mol.